The molecule has 1 aliphatic rings. The van der Waals surface area contributed by atoms with E-state index in [2.05, 4.69) is 0 Å². The highest BCUT2D eigenvalue weighted by atomic mass is 16.4. The van der Waals surface area contributed by atoms with E-state index >= 15 is 0 Å². The normalized spacial score (nSPS) is 26.3. The van der Waals surface area contributed by atoms with E-state index in [1.54, 1.807) is 12.2 Å². The second-order valence-electron chi connectivity index (χ2n) is 8.04. The van der Waals surface area contributed by atoms with Crippen LogP contribution in [0.3, 0.4) is 0 Å². The van der Waals surface area contributed by atoms with Gasteiger partial charge in [-0.05, 0) is 53.4 Å². The first-order chi connectivity index (χ1) is 12.5. The van der Waals surface area contributed by atoms with Crippen molar-refractivity contribution in [3.8, 4) is 0 Å². The van der Waals surface area contributed by atoms with Crippen LogP contribution in [0, 0.1) is 17.8 Å². The van der Waals surface area contributed by atoms with Crippen LogP contribution < -0.4 is 0 Å². The highest BCUT2D eigenvalue weighted by Crippen LogP contribution is 2.41. The first-order valence-electron chi connectivity index (χ1n) is 9.81. The highest BCUT2D eigenvalue weighted by Gasteiger charge is 2.64. The highest BCUT2D eigenvalue weighted by molar-refractivity contribution is 6.28. The van der Waals surface area contributed by atoms with E-state index in [4.69, 9.17) is 0 Å². The Morgan fingerprint density at radius 1 is 1.07 bits per heavy atom. The van der Waals surface area contributed by atoms with E-state index in [0.717, 1.165) is 11.1 Å². The molecule has 0 heterocycles. The Kier molecular flexibility index (Phi) is 8.30. The quantitative estimate of drug-likeness (QED) is 0.475. The molecule has 0 saturated heterocycles. The van der Waals surface area contributed by atoms with Gasteiger partial charge in [-0.2, -0.15) is 0 Å². The Morgan fingerprint density at radius 3 is 2.04 bits per heavy atom. The minimum absolute atomic E-state index is 0.0507. The molecule has 1 saturated carbocycles. The first kappa shape index (κ1) is 23.4. The lowest BCUT2D eigenvalue weighted by Crippen LogP contribution is -2.52. The fraction of sp³-hybridized carbons (Fsp3) is 0.682. The van der Waals surface area contributed by atoms with Crippen LogP contribution in [0.25, 0.3) is 0 Å². The molecule has 0 spiro atoms. The summed E-state index contributed by atoms with van der Waals surface area (Å²) in [5.74, 6) is -4.81. The maximum atomic E-state index is 13.1. The SMILES string of the molecule is CCC(CC)C(=O)C1C(=O)[C@@H](CC=C(C)C)[C@](O)([C@@H](O)CC=C(C)C)C1=O. The van der Waals surface area contributed by atoms with Gasteiger partial charge < -0.3 is 10.2 Å². The van der Waals surface area contributed by atoms with Crippen molar-refractivity contribution in [3.63, 3.8) is 0 Å². The molecule has 4 atom stereocenters. The predicted octanol–water partition coefficient (Wildman–Crippen LogP) is 3.18. The van der Waals surface area contributed by atoms with Crippen LogP contribution in [0.4, 0.5) is 0 Å². The molecule has 0 bridgehead atoms. The Balaban J connectivity index is 3.37. The van der Waals surface area contributed by atoms with Crippen molar-refractivity contribution in [2.24, 2.45) is 17.8 Å². The van der Waals surface area contributed by atoms with Crippen LogP contribution in [0.2, 0.25) is 0 Å². The minimum atomic E-state index is -2.23. The summed E-state index contributed by atoms with van der Waals surface area (Å²) in [5.41, 5.74) is -0.368. The molecule has 0 aliphatic heterocycles. The molecule has 0 aromatic heterocycles. The largest absolute Gasteiger partial charge is 0.389 e. The maximum Gasteiger partial charge on any atom is 0.185 e. The van der Waals surface area contributed by atoms with Crippen LogP contribution in [0.15, 0.2) is 23.3 Å². The average Bonchev–Trinajstić information content (AvgIpc) is 2.78. The number of Topliss-reactive ketones (excluding diaryl/α,β-unsaturated/α-hetero) is 3. The number of hydrogen-bond donors (Lipinski definition) is 2. The van der Waals surface area contributed by atoms with Crippen LogP contribution in [0.1, 0.15) is 67.2 Å². The van der Waals surface area contributed by atoms with E-state index in [1.165, 1.54) is 0 Å². The zero-order valence-electron chi connectivity index (χ0n) is 17.4. The third kappa shape index (κ3) is 4.82. The standard InChI is InChI=1S/C22H34O5/c1-7-15(8-2)19(24)18-20(25)16(11-9-13(3)4)22(27,21(18)26)17(23)12-10-14(5)6/h9-10,15-18,23,27H,7-8,11-12H2,1-6H3/t16-,17+,18?,22+/m1/s1. The lowest BCUT2D eigenvalue weighted by atomic mass is 9.80. The molecular formula is C22H34O5. The van der Waals surface area contributed by atoms with Crippen molar-refractivity contribution in [2.45, 2.75) is 78.9 Å². The topological polar surface area (TPSA) is 91.7 Å². The third-order valence-corrected chi connectivity index (χ3v) is 5.51. The van der Waals surface area contributed by atoms with Gasteiger partial charge in [0.25, 0.3) is 0 Å². The van der Waals surface area contributed by atoms with Gasteiger partial charge in [-0.25, -0.2) is 0 Å². The number of ketones is 3. The molecule has 27 heavy (non-hydrogen) atoms. The summed E-state index contributed by atoms with van der Waals surface area (Å²) in [6.07, 6.45) is 3.29. The molecule has 2 N–H and O–H groups in total. The molecule has 5 nitrogen and oxygen atoms in total. The van der Waals surface area contributed by atoms with E-state index in [-0.39, 0.29) is 12.8 Å². The minimum Gasteiger partial charge on any atom is -0.389 e. The zero-order chi connectivity index (χ0) is 20.9. The second-order valence-corrected chi connectivity index (χ2v) is 8.04. The molecule has 0 radical (unpaired) electrons. The van der Waals surface area contributed by atoms with Gasteiger partial charge in [-0.1, -0.05) is 37.1 Å². The van der Waals surface area contributed by atoms with Crippen LogP contribution in [0.5, 0.6) is 0 Å². The van der Waals surface area contributed by atoms with Gasteiger partial charge in [0.05, 0.1) is 12.0 Å². The summed E-state index contributed by atoms with van der Waals surface area (Å²) in [6, 6.07) is 0. The van der Waals surface area contributed by atoms with Gasteiger partial charge in [0, 0.05) is 5.92 Å². The fourth-order valence-corrected chi connectivity index (χ4v) is 3.72. The fourth-order valence-electron chi connectivity index (χ4n) is 3.72. The van der Waals surface area contributed by atoms with E-state index < -0.39 is 46.8 Å². The van der Waals surface area contributed by atoms with Crippen molar-refractivity contribution in [2.75, 3.05) is 0 Å². The van der Waals surface area contributed by atoms with Crippen LogP contribution >= 0.6 is 0 Å². The van der Waals surface area contributed by atoms with Gasteiger partial charge in [-0.15, -0.1) is 0 Å². The number of aliphatic hydroxyl groups excluding tert-OH is 1. The first-order valence-corrected chi connectivity index (χ1v) is 9.81. The molecule has 152 valence electrons. The summed E-state index contributed by atoms with van der Waals surface area (Å²) in [6.45, 7) is 11.1. The lowest BCUT2D eigenvalue weighted by Gasteiger charge is -2.31. The van der Waals surface area contributed by atoms with Crippen LogP contribution in [-0.2, 0) is 14.4 Å². The van der Waals surface area contributed by atoms with E-state index in [9.17, 15) is 24.6 Å². The van der Waals surface area contributed by atoms with Gasteiger partial charge >= 0.3 is 0 Å². The number of allylic oxidation sites excluding steroid dienone is 3. The van der Waals surface area contributed by atoms with Gasteiger partial charge in [0.1, 0.15) is 5.92 Å². The number of carbonyl (C=O) groups is 3. The van der Waals surface area contributed by atoms with Crippen molar-refractivity contribution in [1.29, 1.82) is 0 Å². The molecule has 5 heteroatoms. The molecule has 1 aliphatic carbocycles. The summed E-state index contributed by atoms with van der Waals surface area (Å²) in [4.78, 5) is 38.9. The molecule has 1 unspecified atom stereocenters. The number of rotatable bonds is 9. The van der Waals surface area contributed by atoms with E-state index in [1.807, 2.05) is 41.5 Å². The molecule has 0 aromatic carbocycles. The molecule has 1 fully saturated rings. The number of hydrogen-bond acceptors (Lipinski definition) is 5. The van der Waals surface area contributed by atoms with Crippen molar-refractivity contribution in [1.82, 2.24) is 0 Å². The summed E-state index contributed by atoms with van der Waals surface area (Å²) < 4.78 is 0. The van der Waals surface area contributed by atoms with Crippen molar-refractivity contribution in [3.05, 3.63) is 23.3 Å². The third-order valence-electron chi connectivity index (χ3n) is 5.51. The molecule has 0 amide bonds. The Labute approximate surface area is 162 Å². The molecular weight excluding hydrogens is 344 g/mol. The van der Waals surface area contributed by atoms with Crippen LogP contribution in [-0.4, -0.2) is 39.3 Å². The van der Waals surface area contributed by atoms with Gasteiger partial charge in [0.2, 0.25) is 0 Å². The molecule has 0 aromatic rings. The lowest BCUT2D eigenvalue weighted by molar-refractivity contribution is -0.156. The summed E-state index contributed by atoms with van der Waals surface area (Å²) in [5, 5.41) is 21.8. The Bertz CT molecular complexity index is 633. The van der Waals surface area contributed by atoms with Gasteiger partial charge in [0.15, 0.2) is 23.0 Å². The second kappa shape index (κ2) is 9.56. The Morgan fingerprint density at radius 2 is 1.59 bits per heavy atom. The maximum absolute atomic E-state index is 13.1. The van der Waals surface area contributed by atoms with Crippen molar-refractivity contribution >= 4 is 17.3 Å². The predicted molar refractivity (Wildman–Crippen MR) is 105 cm³/mol. The van der Waals surface area contributed by atoms with Crippen molar-refractivity contribution < 1.29 is 24.6 Å². The van der Waals surface area contributed by atoms with E-state index in [0.29, 0.717) is 12.8 Å². The number of aliphatic hydroxyl groups is 2. The summed E-state index contributed by atoms with van der Waals surface area (Å²) in [7, 11) is 0. The van der Waals surface area contributed by atoms with Gasteiger partial charge in [-0.3, -0.25) is 14.4 Å². The average molecular weight is 379 g/mol. The monoisotopic (exact) mass is 378 g/mol. The number of carbonyl (C=O) groups excluding carboxylic acids is 3. The smallest absolute Gasteiger partial charge is 0.185 e. The zero-order valence-corrected chi connectivity index (χ0v) is 17.4. The Hall–Kier alpha value is -1.59. The summed E-state index contributed by atoms with van der Waals surface area (Å²) >= 11 is 0. The molecule has 1 rings (SSSR count).